The van der Waals surface area contributed by atoms with Crippen LogP contribution in [0.3, 0.4) is 0 Å². The van der Waals surface area contributed by atoms with Crippen LogP contribution in [0, 0.1) is 3.57 Å². The molecule has 8 heteroatoms. The Kier molecular flexibility index (Phi) is 6.19. The van der Waals surface area contributed by atoms with Crippen LogP contribution in [-0.2, 0) is 14.8 Å². The summed E-state index contributed by atoms with van der Waals surface area (Å²) in [6, 6.07) is 13.4. The molecule has 2 aromatic rings. The van der Waals surface area contributed by atoms with Crippen LogP contribution in [-0.4, -0.2) is 43.9 Å². The molecule has 0 spiro atoms. The van der Waals surface area contributed by atoms with Crippen molar-refractivity contribution in [3.63, 3.8) is 0 Å². The van der Waals surface area contributed by atoms with Gasteiger partial charge in [0.2, 0.25) is 10.0 Å². The minimum atomic E-state index is -3.61. The van der Waals surface area contributed by atoms with Crippen molar-refractivity contribution in [3.8, 4) is 0 Å². The number of benzene rings is 2. The number of hydrogen-bond donors (Lipinski definition) is 1. The molecule has 0 aromatic heterocycles. The van der Waals surface area contributed by atoms with Gasteiger partial charge in [-0.05, 0) is 85.0 Å². The number of amides is 1. The maximum atomic E-state index is 12.9. The van der Waals surface area contributed by atoms with E-state index in [9.17, 15) is 13.2 Å². The first-order chi connectivity index (χ1) is 12.8. The monoisotopic (exact) mass is 500 g/mol. The molecule has 0 radical (unpaired) electrons. The first-order valence-corrected chi connectivity index (χ1v) is 11.1. The quantitative estimate of drug-likeness (QED) is 0.654. The van der Waals surface area contributed by atoms with E-state index in [1.165, 1.54) is 28.6 Å². The van der Waals surface area contributed by atoms with E-state index < -0.39 is 10.0 Å². The van der Waals surface area contributed by atoms with Crippen molar-refractivity contribution in [3.05, 3.63) is 57.7 Å². The van der Waals surface area contributed by atoms with Gasteiger partial charge < -0.3 is 10.1 Å². The molecule has 0 bridgehead atoms. The van der Waals surface area contributed by atoms with Crippen molar-refractivity contribution in [1.29, 1.82) is 0 Å². The average molecular weight is 500 g/mol. The standard InChI is InChI=1S/C19H21IN2O4S/c1-13-11-22(12-14(2)26-13)27(24,25)18-9-3-15(4-10-18)19(23)21-17-7-5-16(20)6-8-17/h3-10,13-14H,11-12H2,1-2H3,(H,21,23)/t13-,14-/m1/s1. The Hall–Kier alpha value is -1.49. The average Bonchev–Trinajstić information content (AvgIpc) is 2.63. The summed E-state index contributed by atoms with van der Waals surface area (Å²) in [4.78, 5) is 12.5. The lowest BCUT2D eigenvalue weighted by Crippen LogP contribution is -2.48. The lowest BCUT2D eigenvalue weighted by atomic mass is 10.2. The van der Waals surface area contributed by atoms with Crippen LogP contribution < -0.4 is 5.32 Å². The Morgan fingerprint density at radius 3 is 2.15 bits per heavy atom. The third kappa shape index (κ3) is 4.87. The van der Waals surface area contributed by atoms with Crippen LogP contribution in [0.5, 0.6) is 0 Å². The van der Waals surface area contributed by atoms with Gasteiger partial charge in [-0.2, -0.15) is 4.31 Å². The number of ether oxygens (including phenoxy) is 1. The molecule has 1 aliphatic rings. The second-order valence-electron chi connectivity index (χ2n) is 6.56. The number of nitrogens with one attached hydrogen (secondary N) is 1. The summed E-state index contributed by atoms with van der Waals surface area (Å²) in [5.41, 5.74) is 1.09. The van der Waals surface area contributed by atoms with Crippen molar-refractivity contribution >= 4 is 44.2 Å². The summed E-state index contributed by atoms with van der Waals surface area (Å²) in [5, 5.41) is 2.80. The zero-order valence-corrected chi connectivity index (χ0v) is 18.0. The van der Waals surface area contributed by atoms with Gasteiger partial charge in [-0.15, -0.1) is 0 Å². The Morgan fingerprint density at radius 1 is 1.04 bits per heavy atom. The Morgan fingerprint density at radius 2 is 1.59 bits per heavy atom. The highest BCUT2D eigenvalue weighted by Crippen LogP contribution is 2.22. The Bertz CT molecular complexity index is 904. The summed E-state index contributed by atoms with van der Waals surface area (Å²) < 4.78 is 33.8. The number of hydrogen-bond acceptors (Lipinski definition) is 4. The number of halogens is 1. The van der Waals surface area contributed by atoms with E-state index in [0.717, 1.165) is 3.57 Å². The minimum Gasteiger partial charge on any atom is -0.373 e. The molecule has 0 aliphatic carbocycles. The summed E-state index contributed by atoms with van der Waals surface area (Å²) in [6.07, 6.45) is -0.301. The van der Waals surface area contributed by atoms with E-state index in [0.29, 0.717) is 24.3 Å². The molecular weight excluding hydrogens is 479 g/mol. The van der Waals surface area contributed by atoms with E-state index in [-0.39, 0.29) is 23.0 Å². The number of morpholine rings is 1. The molecule has 3 rings (SSSR count). The predicted octanol–water partition coefficient (Wildman–Crippen LogP) is 3.34. The van der Waals surface area contributed by atoms with Crippen LogP contribution in [0.4, 0.5) is 5.69 Å². The first-order valence-electron chi connectivity index (χ1n) is 8.58. The van der Waals surface area contributed by atoms with Gasteiger partial charge in [0.1, 0.15) is 0 Å². The fourth-order valence-electron chi connectivity index (χ4n) is 2.99. The minimum absolute atomic E-state index is 0.150. The van der Waals surface area contributed by atoms with E-state index >= 15 is 0 Å². The molecule has 1 saturated heterocycles. The van der Waals surface area contributed by atoms with Crippen LogP contribution in [0.1, 0.15) is 24.2 Å². The fourth-order valence-corrected chi connectivity index (χ4v) is 4.94. The summed E-state index contributed by atoms with van der Waals surface area (Å²) in [5.74, 6) is -0.284. The van der Waals surface area contributed by atoms with Gasteiger partial charge in [-0.3, -0.25) is 4.79 Å². The number of sulfonamides is 1. The molecule has 1 aliphatic heterocycles. The highest BCUT2D eigenvalue weighted by Gasteiger charge is 2.32. The summed E-state index contributed by atoms with van der Waals surface area (Å²) >= 11 is 2.19. The number of anilines is 1. The lowest BCUT2D eigenvalue weighted by Gasteiger charge is -2.34. The zero-order chi connectivity index (χ0) is 19.6. The normalized spacial score (nSPS) is 21.0. The number of rotatable bonds is 4. The van der Waals surface area contributed by atoms with Gasteiger partial charge in [0.25, 0.3) is 5.91 Å². The molecule has 1 heterocycles. The van der Waals surface area contributed by atoms with Gasteiger partial charge in [0.05, 0.1) is 17.1 Å². The lowest BCUT2D eigenvalue weighted by molar-refractivity contribution is -0.0440. The van der Waals surface area contributed by atoms with Crippen LogP contribution >= 0.6 is 22.6 Å². The first kappa shape index (κ1) is 20.2. The van der Waals surface area contributed by atoms with Crippen molar-refractivity contribution in [2.75, 3.05) is 18.4 Å². The third-order valence-electron chi connectivity index (χ3n) is 4.24. The van der Waals surface area contributed by atoms with Gasteiger partial charge in [0.15, 0.2) is 0 Å². The number of nitrogens with zero attached hydrogens (tertiary/aromatic N) is 1. The van der Waals surface area contributed by atoms with Gasteiger partial charge in [0, 0.05) is 27.9 Å². The molecule has 2 atom stereocenters. The molecule has 1 amide bonds. The van der Waals surface area contributed by atoms with Crippen molar-refractivity contribution < 1.29 is 17.9 Å². The zero-order valence-electron chi connectivity index (χ0n) is 15.1. The SMILES string of the molecule is C[C@@H]1CN(S(=O)(=O)c2ccc(C(=O)Nc3ccc(I)cc3)cc2)C[C@@H](C)O1. The van der Waals surface area contributed by atoms with Crippen molar-refractivity contribution in [1.82, 2.24) is 4.31 Å². The molecule has 2 aromatic carbocycles. The topological polar surface area (TPSA) is 75.7 Å². The molecule has 1 N–H and O–H groups in total. The summed E-state index contributed by atoms with van der Waals surface area (Å²) in [7, 11) is -3.61. The molecule has 0 unspecified atom stereocenters. The van der Waals surface area contributed by atoms with Gasteiger partial charge >= 0.3 is 0 Å². The second kappa shape index (κ2) is 8.26. The smallest absolute Gasteiger partial charge is 0.255 e. The molecule has 27 heavy (non-hydrogen) atoms. The molecule has 6 nitrogen and oxygen atoms in total. The highest BCUT2D eigenvalue weighted by molar-refractivity contribution is 14.1. The fraction of sp³-hybridized carbons (Fsp3) is 0.316. The largest absolute Gasteiger partial charge is 0.373 e. The summed E-state index contributed by atoms with van der Waals surface area (Å²) in [6.45, 7) is 4.36. The van der Waals surface area contributed by atoms with Crippen molar-refractivity contribution in [2.45, 2.75) is 31.0 Å². The molecule has 1 fully saturated rings. The van der Waals surface area contributed by atoms with Crippen LogP contribution in [0.15, 0.2) is 53.4 Å². The van der Waals surface area contributed by atoms with Gasteiger partial charge in [-0.25, -0.2) is 8.42 Å². The maximum Gasteiger partial charge on any atom is 0.255 e. The van der Waals surface area contributed by atoms with E-state index in [4.69, 9.17) is 4.74 Å². The third-order valence-corrected chi connectivity index (χ3v) is 6.81. The predicted molar refractivity (Wildman–Crippen MR) is 112 cm³/mol. The van der Waals surface area contributed by atoms with Crippen LogP contribution in [0.2, 0.25) is 0 Å². The molecule has 0 saturated carbocycles. The number of carbonyl (C=O) groups is 1. The Balaban J connectivity index is 1.74. The number of carbonyl (C=O) groups excluding carboxylic acids is 1. The van der Waals surface area contributed by atoms with Crippen LogP contribution in [0.25, 0.3) is 0 Å². The molecular formula is C19H21IN2O4S. The van der Waals surface area contributed by atoms with E-state index in [1.54, 1.807) is 0 Å². The maximum absolute atomic E-state index is 12.9. The Labute approximate surface area is 173 Å². The van der Waals surface area contributed by atoms with E-state index in [2.05, 4.69) is 27.9 Å². The highest BCUT2D eigenvalue weighted by atomic mass is 127. The molecule has 144 valence electrons. The second-order valence-corrected chi connectivity index (χ2v) is 9.75. The van der Waals surface area contributed by atoms with Gasteiger partial charge in [-0.1, -0.05) is 0 Å². The van der Waals surface area contributed by atoms with Crippen molar-refractivity contribution in [2.24, 2.45) is 0 Å². The van der Waals surface area contributed by atoms with E-state index in [1.807, 2.05) is 38.1 Å².